The molecule has 2 aliphatic carbocycles. The van der Waals surface area contributed by atoms with Crippen LogP contribution in [0.3, 0.4) is 0 Å². The maximum atomic E-state index is 3.95. The Morgan fingerprint density at radius 1 is 1.31 bits per heavy atom. The molecule has 0 spiro atoms. The quantitative estimate of drug-likeness (QED) is 0.592. The van der Waals surface area contributed by atoms with Crippen LogP contribution in [0, 0.1) is 24.7 Å². The summed E-state index contributed by atoms with van der Waals surface area (Å²) in [4.78, 5) is 3.51. The molecule has 0 aliphatic heterocycles. The van der Waals surface area contributed by atoms with Gasteiger partial charge >= 0.3 is 0 Å². The van der Waals surface area contributed by atoms with E-state index in [-0.39, 0.29) is 0 Å². The molecule has 1 heterocycles. The van der Waals surface area contributed by atoms with Crippen molar-refractivity contribution in [3.63, 3.8) is 0 Å². The highest BCUT2D eigenvalue weighted by molar-refractivity contribution is 9.11. The summed E-state index contributed by atoms with van der Waals surface area (Å²) in [5.41, 5.74) is 0. The fraction of sp³-hybridized carbons (Fsp3) is 0.692. The average molecular weight is 364 g/mol. The number of thiophene rings is 1. The van der Waals surface area contributed by atoms with Crippen LogP contribution in [0.1, 0.15) is 40.3 Å². The number of hydrogen-bond acceptors (Lipinski definition) is 1. The van der Waals surface area contributed by atoms with Crippen molar-refractivity contribution >= 4 is 43.2 Å². The smallest absolute Gasteiger partial charge is 0.0534 e. The molecule has 0 bridgehead atoms. The third-order valence-corrected chi connectivity index (χ3v) is 7.57. The van der Waals surface area contributed by atoms with Crippen LogP contribution in [-0.4, -0.2) is 0 Å². The second-order valence-electron chi connectivity index (χ2n) is 5.16. The summed E-state index contributed by atoms with van der Waals surface area (Å²) in [7, 11) is 0. The lowest BCUT2D eigenvalue weighted by molar-refractivity contribution is 0.480. The molecule has 88 valence electrons. The summed E-state index contributed by atoms with van der Waals surface area (Å²) in [5, 5.41) is 0. The van der Waals surface area contributed by atoms with Gasteiger partial charge in [0.2, 0.25) is 0 Å². The molecule has 0 N–H and O–H groups in total. The number of alkyl halides is 1. The van der Waals surface area contributed by atoms with Crippen LogP contribution in [0.5, 0.6) is 0 Å². The van der Waals surface area contributed by atoms with Crippen LogP contribution in [0.4, 0.5) is 0 Å². The van der Waals surface area contributed by atoms with Crippen LogP contribution in [0.25, 0.3) is 0 Å². The minimum atomic E-state index is 0.591. The van der Waals surface area contributed by atoms with E-state index in [9.17, 15) is 0 Å². The second-order valence-corrected chi connectivity index (χ2v) is 8.29. The molecule has 0 radical (unpaired) electrons. The van der Waals surface area contributed by atoms with Crippen molar-refractivity contribution in [3.05, 3.63) is 20.3 Å². The molecule has 3 atom stereocenters. The van der Waals surface area contributed by atoms with Gasteiger partial charge in [0.15, 0.2) is 0 Å². The topological polar surface area (TPSA) is 0 Å². The van der Waals surface area contributed by atoms with E-state index < -0.39 is 0 Å². The first kappa shape index (κ1) is 11.7. The van der Waals surface area contributed by atoms with Crippen LogP contribution in [0.2, 0.25) is 0 Å². The summed E-state index contributed by atoms with van der Waals surface area (Å²) >= 11 is 9.58. The predicted molar refractivity (Wildman–Crippen MR) is 77.4 cm³/mol. The monoisotopic (exact) mass is 362 g/mol. The third-order valence-electron chi connectivity index (χ3n) is 4.15. The fourth-order valence-electron chi connectivity index (χ4n) is 3.35. The Labute approximate surface area is 118 Å². The van der Waals surface area contributed by atoms with Crippen molar-refractivity contribution < 1.29 is 0 Å². The normalized spacial score (nSPS) is 34.6. The van der Waals surface area contributed by atoms with E-state index in [1.807, 2.05) is 11.3 Å². The molecule has 0 nitrogen and oxygen atoms in total. The molecule has 2 saturated carbocycles. The number of hydrogen-bond donors (Lipinski definition) is 0. The first-order valence-electron chi connectivity index (χ1n) is 6.08. The van der Waals surface area contributed by atoms with E-state index in [4.69, 9.17) is 0 Å². The van der Waals surface area contributed by atoms with E-state index >= 15 is 0 Å². The Morgan fingerprint density at radius 2 is 1.94 bits per heavy atom. The SMILES string of the molecule is Cc1cc(Br)c(C(Br)C2C3CCCCC32)s1. The molecule has 3 unspecified atom stereocenters. The molecule has 16 heavy (non-hydrogen) atoms. The van der Waals surface area contributed by atoms with Crippen molar-refractivity contribution in [1.82, 2.24) is 0 Å². The first-order valence-corrected chi connectivity index (χ1v) is 8.61. The highest BCUT2D eigenvalue weighted by Gasteiger charge is 2.54. The van der Waals surface area contributed by atoms with Gasteiger partial charge in [-0.1, -0.05) is 28.8 Å². The molecule has 1 aromatic heterocycles. The number of halogens is 2. The lowest BCUT2D eigenvalue weighted by atomic mass is 10.0. The molecule has 0 saturated heterocycles. The van der Waals surface area contributed by atoms with Crippen LogP contribution < -0.4 is 0 Å². The minimum absolute atomic E-state index is 0.591. The van der Waals surface area contributed by atoms with Gasteiger partial charge in [0, 0.05) is 14.2 Å². The summed E-state index contributed by atoms with van der Waals surface area (Å²) in [5.74, 6) is 2.96. The highest BCUT2D eigenvalue weighted by Crippen LogP contribution is 2.63. The maximum Gasteiger partial charge on any atom is 0.0534 e. The molecule has 0 aromatic carbocycles. The van der Waals surface area contributed by atoms with Crippen molar-refractivity contribution in [2.24, 2.45) is 17.8 Å². The van der Waals surface area contributed by atoms with E-state index in [0.717, 1.165) is 17.8 Å². The summed E-state index contributed by atoms with van der Waals surface area (Å²) in [6.07, 6.45) is 5.86. The molecular weight excluding hydrogens is 348 g/mol. The molecule has 1 aromatic rings. The van der Waals surface area contributed by atoms with Crippen molar-refractivity contribution in [2.75, 3.05) is 0 Å². The third kappa shape index (κ3) is 1.93. The van der Waals surface area contributed by atoms with Gasteiger partial charge in [-0.2, -0.15) is 0 Å². The Morgan fingerprint density at radius 3 is 2.44 bits per heavy atom. The van der Waals surface area contributed by atoms with E-state index in [0.29, 0.717) is 4.83 Å². The van der Waals surface area contributed by atoms with E-state index in [1.165, 1.54) is 39.9 Å². The van der Waals surface area contributed by atoms with Gasteiger partial charge in [-0.15, -0.1) is 11.3 Å². The second kappa shape index (κ2) is 4.40. The summed E-state index contributed by atoms with van der Waals surface area (Å²) in [6.45, 7) is 2.19. The van der Waals surface area contributed by atoms with Gasteiger partial charge in [-0.3, -0.25) is 0 Å². The fourth-order valence-corrected chi connectivity index (χ4v) is 6.90. The van der Waals surface area contributed by atoms with Gasteiger partial charge in [0.1, 0.15) is 0 Å². The van der Waals surface area contributed by atoms with Gasteiger partial charge < -0.3 is 0 Å². The lowest BCUT2D eigenvalue weighted by Gasteiger charge is -2.07. The summed E-state index contributed by atoms with van der Waals surface area (Å²) < 4.78 is 1.31. The highest BCUT2D eigenvalue weighted by atomic mass is 79.9. The standard InChI is InChI=1S/C13H16Br2S/c1-7-6-10(14)13(16-7)12(15)11-8-4-2-3-5-9(8)11/h6,8-9,11-12H,2-5H2,1H3. The number of fused-ring (bicyclic) bond motifs is 1. The van der Waals surface area contributed by atoms with Gasteiger partial charge in [-0.05, 0) is 59.5 Å². The minimum Gasteiger partial charge on any atom is -0.143 e. The van der Waals surface area contributed by atoms with Gasteiger partial charge in [0.25, 0.3) is 0 Å². The van der Waals surface area contributed by atoms with Crippen molar-refractivity contribution in [1.29, 1.82) is 0 Å². The molecule has 2 fully saturated rings. The Hall–Kier alpha value is 0.660. The number of aryl methyl sites for hydroxylation is 1. The average Bonchev–Trinajstić information content (AvgIpc) is 2.89. The van der Waals surface area contributed by atoms with E-state index in [1.54, 1.807) is 0 Å². The Balaban J connectivity index is 1.78. The molecule has 3 rings (SSSR count). The predicted octanol–water partition coefficient (Wildman–Crippen LogP) is 5.69. The van der Waals surface area contributed by atoms with Crippen LogP contribution in [0.15, 0.2) is 10.5 Å². The Bertz CT molecular complexity index is 387. The first-order chi connectivity index (χ1) is 7.68. The number of rotatable bonds is 2. The summed E-state index contributed by atoms with van der Waals surface area (Å²) in [6, 6.07) is 2.25. The van der Waals surface area contributed by atoms with E-state index in [2.05, 4.69) is 44.8 Å². The molecular formula is C13H16Br2S. The van der Waals surface area contributed by atoms with Crippen molar-refractivity contribution in [2.45, 2.75) is 37.4 Å². The largest absolute Gasteiger partial charge is 0.143 e. The zero-order chi connectivity index (χ0) is 11.3. The Kier molecular flexibility index (Phi) is 3.23. The van der Waals surface area contributed by atoms with Crippen LogP contribution in [-0.2, 0) is 0 Å². The van der Waals surface area contributed by atoms with Gasteiger partial charge in [0.05, 0.1) is 4.83 Å². The maximum absolute atomic E-state index is 3.95. The van der Waals surface area contributed by atoms with Gasteiger partial charge in [-0.25, -0.2) is 0 Å². The molecule has 0 amide bonds. The zero-order valence-corrected chi connectivity index (χ0v) is 13.4. The van der Waals surface area contributed by atoms with Crippen LogP contribution >= 0.6 is 43.2 Å². The lowest BCUT2D eigenvalue weighted by Crippen LogP contribution is -1.92. The van der Waals surface area contributed by atoms with Crippen molar-refractivity contribution in [3.8, 4) is 0 Å². The molecule has 2 aliphatic rings. The molecule has 3 heteroatoms. The zero-order valence-electron chi connectivity index (χ0n) is 9.38.